The predicted molar refractivity (Wildman–Crippen MR) is 124 cm³/mol. The van der Waals surface area contributed by atoms with Crippen molar-refractivity contribution in [2.24, 2.45) is 4.99 Å². The Labute approximate surface area is 183 Å². The topological polar surface area (TPSA) is 64.1 Å². The van der Waals surface area contributed by atoms with Crippen LogP contribution in [-0.4, -0.2) is 32.8 Å². The molecule has 0 saturated carbocycles. The second-order valence-corrected chi connectivity index (χ2v) is 6.34. The lowest BCUT2D eigenvalue weighted by Crippen LogP contribution is -2.30. The van der Waals surface area contributed by atoms with Crippen LogP contribution in [0.3, 0.4) is 0 Å². The van der Waals surface area contributed by atoms with Gasteiger partial charge in [0.15, 0.2) is 17.5 Å². The Balaban J connectivity index is 0.00000280. The fourth-order valence-corrected chi connectivity index (χ4v) is 2.82. The minimum atomic E-state index is 0. The minimum absolute atomic E-state index is 0. The molecule has 0 amide bonds. The fraction of sp³-hybridized carbons (Fsp3) is 0.381. The Kier molecular flexibility index (Phi) is 8.69. The summed E-state index contributed by atoms with van der Waals surface area (Å²) in [5, 5.41) is 6.60. The van der Waals surface area contributed by atoms with Crippen LogP contribution in [0, 0.1) is 6.92 Å². The van der Waals surface area contributed by atoms with Crippen molar-refractivity contribution >= 4 is 35.6 Å². The van der Waals surface area contributed by atoms with Crippen molar-refractivity contribution in [1.82, 2.24) is 5.32 Å². The number of aliphatic imine (C=N–C) groups is 1. The highest BCUT2D eigenvalue weighted by atomic mass is 127. The molecule has 2 N–H and O–H groups in total. The van der Waals surface area contributed by atoms with Gasteiger partial charge in [-0.2, -0.15) is 0 Å². The predicted octanol–water partition coefficient (Wildman–Crippen LogP) is 4.36. The maximum Gasteiger partial charge on any atom is 0.196 e. The van der Waals surface area contributed by atoms with Crippen LogP contribution < -0.4 is 24.8 Å². The molecule has 0 spiro atoms. The van der Waals surface area contributed by atoms with Crippen LogP contribution in [0.4, 0.5) is 5.69 Å². The van der Waals surface area contributed by atoms with Crippen molar-refractivity contribution in [2.75, 3.05) is 32.2 Å². The van der Waals surface area contributed by atoms with E-state index in [-0.39, 0.29) is 24.0 Å². The number of methoxy groups -OCH3 is 1. The monoisotopic (exact) mass is 497 g/mol. The van der Waals surface area contributed by atoms with E-state index in [1.165, 1.54) is 0 Å². The van der Waals surface area contributed by atoms with Gasteiger partial charge in [0.05, 0.1) is 26.9 Å². The number of benzene rings is 2. The first-order chi connectivity index (χ1) is 13.2. The number of fused-ring (bicyclic) bond motifs is 1. The molecule has 3 rings (SSSR count). The largest absolute Gasteiger partial charge is 0.496 e. The summed E-state index contributed by atoms with van der Waals surface area (Å²) in [7, 11) is 1.69. The number of anilines is 1. The molecule has 1 heterocycles. The SMILES string of the molecule is CCNC(=NCc1ccc(C)c(OC)c1)Nc1ccc2c(c1)OCCCO2.I. The second-order valence-electron chi connectivity index (χ2n) is 6.34. The number of ether oxygens (including phenoxy) is 3. The molecule has 7 heteroatoms. The first kappa shape index (κ1) is 22.1. The lowest BCUT2D eigenvalue weighted by atomic mass is 10.1. The van der Waals surface area contributed by atoms with E-state index in [0.717, 1.165) is 47.0 Å². The average molecular weight is 497 g/mol. The maximum absolute atomic E-state index is 5.76. The zero-order valence-electron chi connectivity index (χ0n) is 16.6. The lowest BCUT2D eigenvalue weighted by molar-refractivity contribution is 0.297. The van der Waals surface area contributed by atoms with Gasteiger partial charge in [-0.05, 0) is 43.2 Å². The third-order valence-electron chi connectivity index (χ3n) is 4.25. The van der Waals surface area contributed by atoms with Crippen LogP contribution in [0.15, 0.2) is 41.4 Å². The van der Waals surface area contributed by atoms with Crippen molar-refractivity contribution in [3.8, 4) is 17.2 Å². The molecule has 2 aromatic carbocycles. The van der Waals surface area contributed by atoms with E-state index in [2.05, 4.69) is 21.7 Å². The highest BCUT2D eigenvalue weighted by Crippen LogP contribution is 2.32. The van der Waals surface area contributed by atoms with E-state index in [4.69, 9.17) is 14.2 Å². The van der Waals surface area contributed by atoms with E-state index in [1.807, 2.05) is 44.2 Å². The molecular weight excluding hydrogens is 469 g/mol. The van der Waals surface area contributed by atoms with E-state index >= 15 is 0 Å². The summed E-state index contributed by atoms with van der Waals surface area (Å²) in [5.74, 6) is 3.14. The van der Waals surface area contributed by atoms with Gasteiger partial charge in [-0.15, -0.1) is 24.0 Å². The summed E-state index contributed by atoms with van der Waals surface area (Å²) in [6, 6.07) is 12.0. The Morgan fingerprint density at radius 1 is 1.11 bits per heavy atom. The summed E-state index contributed by atoms with van der Waals surface area (Å²) in [6.45, 7) is 6.75. The highest BCUT2D eigenvalue weighted by molar-refractivity contribution is 14.0. The Morgan fingerprint density at radius 2 is 1.89 bits per heavy atom. The normalized spacial score (nSPS) is 13.2. The Morgan fingerprint density at radius 3 is 2.64 bits per heavy atom. The van der Waals surface area contributed by atoms with Crippen LogP contribution in [0.25, 0.3) is 0 Å². The van der Waals surface area contributed by atoms with E-state index in [0.29, 0.717) is 25.7 Å². The number of hydrogen-bond donors (Lipinski definition) is 2. The van der Waals surface area contributed by atoms with Gasteiger partial charge < -0.3 is 24.8 Å². The smallest absolute Gasteiger partial charge is 0.196 e. The molecule has 0 unspecified atom stereocenters. The Hall–Kier alpha value is -2.16. The molecule has 1 aliphatic heterocycles. The van der Waals surface area contributed by atoms with Gasteiger partial charge in [-0.25, -0.2) is 4.99 Å². The minimum Gasteiger partial charge on any atom is -0.496 e. The number of hydrogen-bond acceptors (Lipinski definition) is 4. The van der Waals surface area contributed by atoms with E-state index < -0.39 is 0 Å². The summed E-state index contributed by atoms with van der Waals surface area (Å²) < 4.78 is 16.8. The molecule has 1 aliphatic rings. The lowest BCUT2D eigenvalue weighted by Gasteiger charge is -2.14. The van der Waals surface area contributed by atoms with Crippen molar-refractivity contribution in [3.05, 3.63) is 47.5 Å². The molecule has 0 saturated heterocycles. The first-order valence-corrected chi connectivity index (χ1v) is 9.28. The summed E-state index contributed by atoms with van der Waals surface area (Å²) in [4.78, 5) is 4.68. The third-order valence-corrected chi connectivity index (χ3v) is 4.25. The number of nitrogens with one attached hydrogen (secondary N) is 2. The first-order valence-electron chi connectivity index (χ1n) is 9.28. The average Bonchev–Trinajstić information content (AvgIpc) is 2.92. The van der Waals surface area contributed by atoms with Gasteiger partial charge in [-0.3, -0.25) is 0 Å². The van der Waals surface area contributed by atoms with Crippen LogP contribution in [0.5, 0.6) is 17.2 Å². The van der Waals surface area contributed by atoms with Gasteiger partial charge >= 0.3 is 0 Å². The molecule has 152 valence electrons. The molecule has 0 aromatic heterocycles. The van der Waals surface area contributed by atoms with Crippen molar-refractivity contribution in [2.45, 2.75) is 26.8 Å². The van der Waals surface area contributed by atoms with Gasteiger partial charge in [0, 0.05) is 24.7 Å². The zero-order chi connectivity index (χ0) is 19.1. The van der Waals surface area contributed by atoms with Gasteiger partial charge in [0.2, 0.25) is 0 Å². The van der Waals surface area contributed by atoms with E-state index in [9.17, 15) is 0 Å². The highest BCUT2D eigenvalue weighted by Gasteiger charge is 2.11. The van der Waals surface area contributed by atoms with Gasteiger partial charge in [0.1, 0.15) is 5.75 Å². The summed E-state index contributed by atoms with van der Waals surface area (Å²) >= 11 is 0. The number of rotatable bonds is 5. The number of nitrogens with zero attached hydrogens (tertiary/aromatic N) is 1. The molecular formula is C21H28IN3O3. The number of guanidine groups is 1. The Bertz CT molecular complexity index is 811. The molecule has 0 fully saturated rings. The van der Waals surface area contributed by atoms with Crippen LogP contribution >= 0.6 is 24.0 Å². The van der Waals surface area contributed by atoms with Crippen molar-refractivity contribution < 1.29 is 14.2 Å². The van der Waals surface area contributed by atoms with Crippen LogP contribution in [-0.2, 0) is 6.54 Å². The summed E-state index contributed by atoms with van der Waals surface area (Å²) in [6.07, 6.45) is 0.890. The van der Waals surface area contributed by atoms with Crippen LogP contribution in [0.2, 0.25) is 0 Å². The van der Waals surface area contributed by atoms with Gasteiger partial charge in [-0.1, -0.05) is 12.1 Å². The van der Waals surface area contributed by atoms with E-state index in [1.54, 1.807) is 7.11 Å². The number of halogens is 1. The molecule has 0 aliphatic carbocycles. The molecule has 0 bridgehead atoms. The third kappa shape index (κ3) is 5.92. The van der Waals surface area contributed by atoms with Crippen molar-refractivity contribution in [3.63, 3.8) is 0 Å². The molecule has 2 aromatic rings. The second kappa shape index (κ2) is 11.0. The standard InChI is InChI=1S/C21H27N3O3.HI/c1-4-22-21(23-14-16-7-6-15(2)19(12-16)25-3)24-17-8-9-18-20(13-17)27-11-5-10-26-18;/h6-9,12-13H,4-5,10-11,14H2,1-3H3,(H2,22,23,24);1H. The fourth-order valence-electron chi connectivity index (χ4n) is 2.82. The molecule has 6 nitrogen and oxygen atoms in total. The molecule has 0 radical (unpaired) electrons. The maximum atomic E-state index is 5.76. The molecule has 28 heavy (non-hydrogen) atoms. The van der Waals surface area contributed by atoms with Crippen LogP contribution in [0.1, 0.15) is 24.5 Å². The zero-order valence-corrected chi connectivity index (χ0v) is 18.9. The summed E-state index contributed by atoms with van der Waals surface area (Å²) in [5.41, 5.74) is 3.11. The van der Waals surface area contributed by atoms with Gasteiger partial charge in [0.25, 0.3) is 0 Å². The van der Waals surface area contributed by atoms with Crippen molar-refractivity contribution in [1.29, 1.82) is 0 Å². The number of aryl methyl sites for hydroxylation is 1. The quantitative estimate of drug-likeness (QED) is 0.365. The molecule has 0 atom stereocenters.